The van der Waals surface area contributed by atoms with Gasteiger partial charge in [-0.25, -0.2) is 8.78 Å². The van der Waals surface area contributed by atoms with Crippen molar-refractivity contribution < 1.29 is 8.78 Å². The molecule has 4 heteroatoms. The zero-order chi connectivity index (χ0) is 13.7. The summed E-state index contributed by atoms with van der Waals surface area (Å²) >= 11 is 1.51. The van der Waals surface area contributed by atoms with Gasteiger partial charge in [-0.1, -0.05) is 18.2 Å². The summed E-state index contributed by atoms with van der Waals surface area (Å²) in [4.78, 5) is 0. The van der Waals surface area contributed by atoms with E-state index < -0.39 is 11.6 Å². The van der Waals surface area contributed by atoms with Crippen molar-refractivity contribution in [2.45, 2.75) is 5.75 Å². The van der Waals surface area contributed by atoms with Crippen LogP contribution in [0.1, 0.15) is 11.1 Å². The third kappa shape index (κ3) is 3.83. The van der Waals surface area contributed by atoms with Crippen molar-refractivity contribution in [3.05, 3.63) is 70.6 Å². The monoisotopic (exact) mass is 277 g/mol. The van der Waals surface area contributed by atoms with Crippen molar-refractivity contribution in [2.75, 3.05) is 5.73 Å². The lowest BCUT2D eigenvalue weighted by atomic mass is 10.2. The Labute approximate surface area is 115 Å². The molecule has 19 heavy (non-hydrogen) atoms. The van der Waals surface area contributed by atoms with Crippen molar-refractivity contribution >= 4 is 23.5 Å². The second-order valence-corrected chi connectivity index (χ2v) is 4.87. The quantitative estimate of drug-likeness (QED) is 0.835. The van der Waals surface area contributed by atoms with Gasteiger partial charge in [0.05, 0.1) is 0 Å². The van der Waals surface area contributed by atoms with E-state index in [1.807, 2.05) is 24.3 Å². The van der Waals surface area contributed by atoms with Gasteiger partial charge in [-0.3, -0.25) is 0 Å². The van der Waals surface area contributed by atoms with Crippen LogP contribution in [0, 0.1) is 11.6 Å². The molecule has 0 aromatic heterocycles. The fourth-order valence-electron chi connectivity index (χ4n) is 1.56. The van der Waals surface area contributed by atoms with Crippen LogP contribution < -0.4 is 5.73 Å². The third-order valence-electron chi connectivity index (χ3n) is 2.60. The molecule has 0 atom stereocenters. The molecule has 0 unspecified atom stereocenters. The van der Waals surface area contributed by atoms with Crippen LogP contribution in [0.5, 0.6) is 0 Å². The van der Waals surface area contributed by atoms with Crippen molar-refractivity contribution in [3.63, 3.8) is 0 Å². The maximum atomic E-state index is 13.3. The topological polar surface area (TPSA) is 26.0 Å². The van der Waals surface area contributed by atoms with E-state index in [0.29, 0.717) is 11.3 Å². The van der Waals surface area contributed by atoms with E-state index in [-0.39, 0.29) is 0 Å². The van der Waals surface area contributed by atoms with Crippen LogP contribution >= 0.6 is 11.8 Å². The fourth-order valence-corrected chi connectivity index (χ4v) is 2.34. The van der Waals surface area contributed by atoms with Gasteiger partial charge in [0.15, 0.2) is 0 Å². The number of anilines is 1. The van der Waals surface area contributed by atoms with Gasteiger partial charge in [0.25, 0.3) is 0 Å². The predicted molar refractivity (Wildman–Crippen MR) is 77.5 cm³/mol. The molecule has 0 radical (unpaired) electrons. The SMILES string of the molecule is Nc1ccccc1CS/C=C\c1ccc(F)cc1F. The average Bonchev–Trinajstić information content (AvgIpc) is 2.38. The largest absolute Gasteiger partial charge is 0.398 e. The Bertz CT molecular complexity index is 596. The first-order valence-corrected chi connectivity index (χ1v) is 6.78. The minimum absolute atomic E-state index is 0.370. The van der Waals surface area contributed by atoms with Crippen LogP contribution in [-0.4, -0.2) is 0 Å². The Hall–Kier alpha value is -1.81. The summed E-state index contributed by atoms with van der Waals surface area (Å²) in [6.45, 7) is 0. The van der Waals surface area contributed by atoms with Gasteiger partial charge in [0, 0.05) is 23.1 Å². The van der Waals surface area contributed by atoms with Crippen molar-refractivity contribution in [3.8, 4) is 0 Å². The highest BCUT2D eigenvalue weighted by Crippen LogP contribution is 2.20. The van der Waals surface area contributed by atoms with E-state index in [9.17, 15) is 8.78 Å². The van der Waals surface area contributed by atoms with Crippen LogP contribution in [0.3, 0.4) is 0 Å². The highest BCUT2D eigenvalue weighted by atomic mass is 32.2. The van der Waals surface area contributed by atoms with E-state index in [1.165, 1.54) is 23.9 Å². The van der Waals surface area contributed by atoms with Crippen LogP contribution in [0.2, 0.25) is 0 Å². The summed E-state index contributed by atoms with van der Waals surface area (Å²) in [6, 6.07) is 11.1. The molecule has 0 aliphatic rings. The molecule has 0 amide bonds. The summed E-state index contributed by atoms with van der Waals surface area (Å²) in [5.41, 5.74) is 7.97. The molecule has 1 nitrogen and oxygen atoms in total. The van der Waals surface area contributed by atoms with Crippen molar-refractivity contribution in [2.24, 2.45) is 0 Å². The highest BCUT2D eigenvalue weighted by Gasteiger charge is 2.00. The van der Waals surface area contributed by atoms with Gasteiger partial charge >= 0.3 is 0 Å². The Morgan fingerprint density at radius 2 is 1.89 bits per heavy atom. The van der Waals surface area contributed by atoms with E-state index >= 15 is 0 Å². The second kappa shape index (κ2) is 6.38. The summed E-state index contributed by atoms with van der Waals surface area (Å²) in [5.74, 6) is -0.415. The summed E-state index contributed by atoms with van der Waals surface area (Å²) < 4.78 is 26.1. The molecule has 2 rings (SSSR count). The van der Waals surface area contributed by atoms with Crippen LogP contribution in [-0.2, 0) is 5.75 Å². The number of hydrogen-bond acceptors (Lipinski definition) is 2. The Balaban J connectivity index is 1.95. The molecule has 2 aromatic carbocycles. The molecule has 0 fully saturated rings. The Morgan fingerprint density at radius 3 is 2.63 bits per heavy atom. The molecule has 0 saturated carbocycles. The van der Waals surface area contributed by atoms with E-state index in [1.54, 1.807) is 11.5 Å². The molecule has 98 valence electrons. The number of benzene rings is 2. The van der Waals surface area contributed by atoms with Crippen molar-refractivity contribution in [1.82, 2.24) is 0 Å². The van der Waals surface area contributed by atoms with Crippen LogP contribution in [0.15, 0.2) is 47.9 Å². The lowest BCUT2D eigenvalue weighted by Crippen LogP contribution is -1.90. The molecule has 2 N–H and O–H groups in total. The standard InChI is InChI=1S/C15H13F2NS/c16-13-6-5-11(14(17)9-13)7-8-19-10-12-3-1-2-4-15(12)18/h1-9H,10,18H2/b8-7-. The van der Waals surface area contributed by atoms with Crippen LogP contribution in [0.4, 0.5) is 14.5 Å². The zero-order valence-electron chi connectivity index (χ0n) is 10.1. The number of thioether (sulfide) groups is 1. The van der Waals surface area contributed by atoms with E-state index in [0.717, 1.165) is 17.3 Å². The first-order valence-electron chi connectivity index (χ1n) is 5.73. The summed E-state index contributed by atoms with van der Waals surface area (Å²) in [5, 5.41) is 1.78. The lowest BCUT2D eigenvalue weighted by Gasteiger charge is -2.02. The summed E-state index contributed by atoms with van der Waals surface area (Å²) in [6.07, 6.45) is 1.62. The van der Waals surface area contributed by atoms with Gasteiger partial charge in [0.2, 0.25) is 0 Å². The number of hydrogen-bond donors (Lipinski definition) is 1. The highest BCUT2D eigenvalue weighted by molar-refractivity contribution is 8.01. The minimum atomic E-state index is -0.570. The molecule has 0 aliphatic heterocycles. The maximum absolute atomic E-state index is 13.3. The number of nitrogens with two attached hydrogens (primary N) is 1. The fraction of sp³-hybridized carbons (Fsp3) is 0.0667. The third-order valence-corrected chi connectivity index (χ3v) is 3.41. The molecule has 0 aliphatic carbocycles. The maximum Gasteiger partial charge on any atom is 0.133 e. The van der Waals surface area contributed by atoms with Crippen LogP contribution in [0.25, 0.3) is 6.08 Å². The summed E-state index contributed by atoms with van der Waals surface area (Å²) in [7, 11) is 0. The van der Waals surface area contributed by atoms with Gasteiger partial charge in [0.1, 0.15) is 11.6 Å². The number of nitrogen functional groups attached to an aromatic ring is 1. The molecular weight excluding hydrogens is 264 g/mol. The van der Waals surface area contributed by atoms with Gasteiger partial charge in [-0.05, 0) is 35.2 Å². The Kier molecular flexibility index (Phi) is 4.58. The van der Waals surface area contributed by atoms with Gasteiger partial charge < -0.3 is 5.73 Å². The molecule has 0 spiro atoms. The predicted octanol–water partition coefficient (Wildman–Crippen LogP) is 4.45. The molecule has 0 saturated heterocycles. The lowest BCUT2D eigenvalue weighted by molar-refractivity contribution is 0.581. The number of rotatable bonds is 4. The van der Waals surface area contributed by atoms with Gasteiger partial charge in [-0.2, -0.15) is 0 Å². The van der Waals surface area contributed by atoms with E-state index in [2.05, 4.69) is 0 Å². The first-order chi connectivity index (χ1) is 9.16. The molecular formula is C15H13F2NS. The van der Waals surface area contributed by atoms with E-state index in [4.69, 9.17) is 5.73 Å². The Morgan fingerprint density at radius 1 is 1.11 bits per heavy atom. The molecule has 0 heterocycles. The number of para-hydroxylation sites is 1. The van der Waals surface area contributed by atoms with Crippen molar-refractivity contribution in [1.29, 1.82) is 0 Å². The normalized spacial score (nSPS) is 11.1. The number of halogens is 2. The minimum Gasteiger partial charge on any atom is -0.398 e. The second-order valence-electron chi connectivity index (χ2n) is 3.98. The van der Waals surface area contributed by atoms with Gasteiger partial charge in [-0.15, -0.1) is 11.8 Å². The molecule has 2 aromatic rings. The smallest absolute Gasteiger partial charge is 0.133 e. The molecule has 0 bridgehead atoms. The zero-order valence-corrected chi connectivity index (χ0v) is 11.0. The first kappa shape index (κ1) is 13.6. The average molecular weight is 277 g/mol.